The number of unbranched alkanes of at least 4 members (excludes halogenated alkanes) is 1. The molecule has 1 aliphatic carbocycles. The van der Waals surface area contributed by atoms with Gasteiger partial charge >= 0.3 is 5.97 Å². The minimum atomic E-state index is -0.388. The van der Waals surface area contributed by atoms with Gasteiger partial charge in [-0.15, -0.1) is 0 Å². The summed E-state index contributed by atoms with van der Waals surface area (Å²) in [5, 5.41) is 9.54. The molecule has 0 aliphatic heterocycles. The van der Waals surface area contributed by atoms with Crippen LogP contribution in [0.15, 0.2) is 0 Å². The molecule has 0 aromatic rings. The van der Waals surface area contributed by atoms with Crippen LogP contribution in [0.1, 0.15) is 40.0 Å². The number of aliphatic hydroxyl groups excluding tert-OH is 1. The number of esters is 1. The number of carbonyl (C=O) groups is 1. The van der Waals surface area contributed by atoms with Gasteiger partial charge in [0.2, 0.25) is 0 Å². The van der Waals surface area contributed by atoms with E-state index in [-0.39, 0.29) is 23.9 Å². The van der Waals surface area contributed by atoms with Gasteiger partial charge in [-0.05, 0) is 26.2 Å². The van der Waals surface area contributed by atoms with Crippen LogP contribution in [0.2, 0.25) is 0 Å². The van der Waals surface area contributed by atoms with Crippen molar-refractivity contribution >= 4 is 5.97 Å². The quantitative estimate of drug-likeness (QED) is 0.688. The van der Waals surface area contributed by atoms with Crippen molar-refractivity contribution in [1.82, 2.24) is 0 Å². The molecule has 4 atom stereocenters. The molecule has 0 amide bonds. The van der Waals surface area contributed by atoms with Crippen LogP contribution >= 0.6 is 0 Å². The van der Waals surface area contributed by atoms with Crippen LogP contribution < -0.4 is 0 Å². The first-order valence-electron chi connectivity index (χ1n) is 5.98. The van der Waals surface area contributed by atoms with Gasteiger partial charge in [0.05, 0.1) is 18.6 Å². The van der Waals surface area contributed by atoms with E-state index in [0.717, 1.165) is 19.3 Å². The zero-order valence-corrected chi connectivity index (χ0v) is 9.90. The zero-order valence-electron chi connectivity index (χ0n) is 9.90. The number of hydrogen-bond donors (Lipinski definition) is 1. The van der Waals surface area contributed by atoms with Crippen LogP contribution in [0.5, 0.6) is 0 Å². The maximum absolute atomic E-state index is 11.6. The molecule has 3 heteroatoms. The van der Waals surface area contributed by atoms with Crippen molar-refractivity contribution in [3.8, 4) is 0 Å². The molecule has 1 rings (SSSR count). The summed E-state index contributed by atoms with van der Waals surface area (Å²) in [6.45, 7) is 6.16. The average molecular weight is 214 g/mol. The first kappa shape index (κ1) is 12.5. The first-order valence-corrected chi connectivity index (χ1v) is 5.98. The molecule has 0 saturated heterocycles. The van der Waals surface area contributed by atoms with E-state index in [0.29, 0.717) is 12.5 Å². The molecule has 0 radical (unpaired) electrons. The Hall–Kier alpha value is -0.570. The Morgan fingerprint density at radius 2 is 2.13 bits per heavy atom. The molecule has 0 aromatic heterocycles. The summed E-state index contributed by atoms with van der Waals surface area (Å²) in [4.78, 5) is 11.6. The Labute approximate surface area is 91.8 Å². The van der Waals surface area contributed by atoms with Crippen LogP contribution in [-0.4, -0.2) is 23.8 Å². The monoisotopic (exact) mass is 214 g/mol. The fourth-order valence-corrected chi connectivity index (χ4v) is 2.44. The second-order valence-electron chi connectivity index (χ2n) is 4.40. The van der Waals surface area contributed by atoms with E-state index in [9.17, 15) is 9.90 Å². The van der Waals surface area contributed by atoms with Crippen molar-refractivity contribution in [2.75, 3.05) is 6.61 Å². The number of ether oxygens (including phenoxy) is 1. The lowest BCUT2D eigenvalue weighted by atomic mass is 10.1. The van der Waals surface area contributed by atoms with Crippen molar-refractivity contribution in [3.05, 3.63) is 0 Å². The Bertz CT molecular complexity index is 213. The van der Waals surface area contributed by atoms with Crippen molar-refractivity contribution in [2.45, 2.75) is 46.1 Å². The zero-order chi connectivity index (χ0) is 11.4. The molecule has 1 aliphatic rings. The topological polar surface area (TPSA) is 46.5 Å². The van der Waals surface area contributed by atoms with E-state index in [1.165, 1.54) is 0 Å². The third kappa shape index (κ3) is 2.94. The van der Waals surface area contributed by atoms with Crippen molar-refractivity contribution in [1.29, 1.82) is 0 Å². The Balaban J connectivity index is 2.45. The summed E-state index contributed by atoms with van der Waals surface area (Å²) in [6.07, 6.45) is 2.92. The molecular weight excluding hydrogens is 192 g/mol. The Morgan fingerprint density at radius 3 is 2.60 bits per heavy atom. The van der Waals surface area contributed by atoms with Crippen LogP contribution in [0.4, 0.5) is 0 Å². The lowest BCUT2D eigenvalue weighted by Gasteiger charge is -2.02. The smallest absolute Gasteiger partial charge is 0.309 e. The Kier molecular flexibility index (Phi) is 4.58. The van der Waals surface area contributed by atoms with Crippen LogP contribution in [0, 0.1) is 17.8 Å². The normalized spacial score (nSPS) is 31.1. The van der Waals surface area contributed by atoms with Crippen molar-refractivity contribution in [2.24, 2.45) is 17.8 Å². The van der Waals surface area contributed by atoms with Crippen molar-refractivity contribution in [3.63, 3.8) is 0 Å². The summed E-state index contributed by atoms with van der Waals surface area (Å²) in [7, 11) is 0. The molecule has 0 heterocycles. The molecule has 1 N–H and O–H groups in total. The SMILES string of the molecule is CCCC[C@@H]1[C@@H](C(=O)OCC)[C@@H]1[C@@H](C)O. The molecule has 1 saturated carbocycles. The molecule has 88 valence electrons. The largest absolute Gasteiger partial charge is 0.466 e. The third-order valence-electron chi connectivity index (χ3n) is 3.24. The minimum absolute atomic E-state index is 0.0449. The highest BCUT2D eigenvalue weighted by molar-refractivity contribution is 5.76. The van der Waals surface area contributed by atoms with Gasteiger partial charge in [0.25, 0.3) is 0 Å². The molecule has 0 aromatic carbocycles. The van der Waals surface area contributed by atoms with Gasteiger partial charge in [-0.3, -0.25) is 4.79 Å². The highest BCUT2D eigenvalue weighted by Gasteiger charge is 2.56. The van der Waals surface area contributed by atoms with Gasteiger partial charge in [-0.2, -0.15) is 0 Å². The molecule has 0 bridgehead atoms. The fraction of sp³-hybridized carbons (Fsp3) is 0.917. The van der Waals surface area contributed by atoms with E-state index in [1.54, 1.807) is 6.92 Å². The van der Waals surface area contributed by atoms with Gasteiger partial charge in [-0.1, -0.05) is 19.8 Å². The van der Waals surface area contributed by atoms with Crippen LogP contribution in [0.3, 0.4) is 0 Å². The number of rotatable bonds is 6. The van der Waals surface area contributed by atoms with Gasteiger partial charge in [0.1, 0.15) is 0 Å². The standard InChI is InChI=1S/C12H22O3/c1-4-6-7-9-10(8(3)13)11(9)12(14)15-5-2/h8-11,13H,4-7H2,1-3H3/t8-,9+,10-,11-/m1/s1. The number of carbonyl (C=O) groups excluding carboxylic acids is 1. The highest BCUT2D eigenvalue weighted by atomic mass is 16.5. The molecule has 3 nitrogen and oxygen atoms in total. The summed E-state index contributed by atoms with van der Waals surface area (Å²) in [5.74, 6) is 0.320. The first-order chi connectivity index (χ1) is 7.13. The van der Waals surface area contributed by atoms with Crippen molar-refractivity contribution < 1.29 is 14.6 Å². The van der Waals surface area contributed by atoms with Gasteiger partial charge in [-0.25, -0.2) is 0 Å². The lowest BCUT2D eigenvalue weighted by molar-refractivity contribution is -0.145. The lowest BCUT2D eigenvalue weighted by Crippen LogP contribution is -2.12. The summed E-state index contributed by atoms with van der Waals surface area (Å²) < 4.78 is 5.01. The molecule has 1 fully saturated rings. The van der Waals surface area contributed by atoms with E-state index in [2.05, 4.69) is 6.92 Å². The maximum Gasteiger partial charge on any atom is 0.309 e. The summed E-state index contributed by atoms with van der Waals surface area (Å²) in [5.41, 5.74) is 0. The van der Waals surface area contributed by atoms with E-state index in [1.807, 2.05) is 6.92 Å². The summed E-state index contributed by atoms with van der Waals surface area (Å²) in [6, 6.07) is 0. The molecule has 0 unspecified atom stereocenters. The Morgan fingerprint density at radius 1 is 1.47 bits per heavy atom. The van der Waals surface area contributed by atoms with Gasteiger partial charge in [0.15, 0.2) is 0 Å². The molecule has 0 spiro atoms. The molecule has 15 heavy (non-hydrogen) atoms. The predicted molar refractivity (Wildman–Crippen MR) is 58.3 cm³/mol. The van der Waals surface area contributed by atoms with E-state index >= 15 is 0 Å². The number of hydrogen-bond acceptors (Lipinski definition) is 3. The van der Waals surface area contributed by atoms with Gasteiger partial charge < -0.3 is 9.84 Å². The van der Waals surface area contributed by atoms with Gasteiger partial charge in [0, 0.05) is 5.92 Å². The minimum Gasteiger partial charge on any atom is -0.466 e. The number of aliphatic hydroxyl groups is 1. The highest BCUT2D eigenvalue weighted by Crippen LogP contribution is 2.52. The second kappa shape index (κ2) is 5.50. The average Bonchev–Trinajstić information content (AvgIpc) is 2.89. The third-order valence-corrected chi connectivity index (χ3v) is 3.24. The van der Waals surface area contributed by atoms with Crippen LogP contribution in [-0.2, 0) is 9.53 Å². The maximum atomic E-state index is 11.6. The second-order valence-corrected chi connectivity index (χ2v) is 4.40. The van der Waals surface area contributed by atoms with E-state index in [4.69, 9.17) is 4.74 Å². The fourth-order valence-electron chi connectivity index (χ4n) is 2.44. The molecular formula is C12H22O3. The summed E-state index contributed by atoms with van der Waals surface area (Å²) >= 11 is 0. The van der Waals surface area contributed by atoms with Crippen LogP contribution in [0.25, 0.3) is 0 Å². The van der Waals surface area contributed by atoms with E-state index < -0.39 is 0 Å². The predicted octanol–water partition coefficient (Wildman–Crippen LogP) is 1.98.